The first kappa shape index (κ1) is 22.8. The van der Waals surface area contributed by atoms with Crippen LogP contribution in [-0.4, -0.2) is 44.4 Å². The topological polar surface area (TPSA) is 111 Å². The minimum atomic E-state index is -0.358. The van der Waals surface area contributed by atoms with Gasteiger partial charge < -0.3 is 19.9 Å². The van der Waals surface area contributed by atoms with Crippen molar-refractivity contribution < 1.29 is 14.3 Å². The molecule has 0 saturated carbocycles. The van der Waals surface area contributed by atoms with Gasteiger partial charge in [-0.05, 0) is 45.0 Å². The van der Waals surface area contributed by atoms with Crippen molar-refractivity contribution in [2.75, 3.05) is 18.2 Å². The van der Waals surface area contributed by atoms with Gasteiger partial charge in [0, 0.05) is 17.5 Å². The van der Waals surface area contributed by atoms with Crippen LogP contribution < -0.4 is 15.4 Å². The number of carbonyl (C=O) groups excluding carboxylic acids is 2. The Labute approximate surface area is 188 Å². The van der Waals surface area contributed by atoms with Crippen molar-refractivity contribution in [3.8, 4) is 5.75 Å². The van der Waals surface area contributed by atoms with Gasteiger partial charge in [-0.3, -0.25) is 9.59 Å². The standard InChI is InChI=1S/C20H24N6O3S2/c1-5-26-17(13(3)22-18(28)14-6-8-15(29-4)9-7-14)24-25-20(26)31-11-16(27)23-19-21-12(2)10-30-19/h6-10,13H,5,11H2,1-4H3,(H,22,28)(H,21,23,27)/t13-/m1/s1. The Hall–Kier alpha value is -2.92. The molecule has 2 heterocycles. The molecule has 0 fully saturated rings. The van der Waals surface area contributed by atoms with Crippen LogP contribution in [0.4, 0.5) is 5.13 Å². The van der Waals surface area contributed by atoms with E-state index in [1.165, 1.54) is 23.1 Å². The van der Waals surface area contributed by atoms with E-state index in [9.17, 15) is 9.59 Å². The molecule has 0 bridgehead atoms. The van der Waals surface area contributed by atoms with Crippen LogP contribution in [0.25, 0.3) is 0 Å². The van der Waals surface area contributed by atoms with E-state index in [4.69, 9.17) is 4.74 Å². The maximum absolute atomic E-state index is 12.6. The lowest BCUT2D eigenvalue weighted by molar-refractivity contribution is -0.113. The molecular formula is C20H24N6O3S2. The molecular weight excluding hydrogens is 436 g/mol. The van der Waals surface area contributed by atoms with E-state index in [0.29, 0.717) is 34.0 Å². The van der Waals surface area contributed by atoms with Crippen molar-refractivity contribution in [1.82, 2.24) is 25.1 Å². The summed E-state index contributed by atoms with van der Waals surface area (Å²) in [5.74, 6) is 1.12. The highest BCUT2D eigenvalue weighted by atomic mass is 32.2. The summed E-state index contributed by atoms with van der Waals surface area (Å²) >= 11 is 2.68. The predicted octanol–water partition coefficient (Wildman–Crippen LogP) is 3.29. The molecule has 11 heteroatoms. The van der Waals surface area contributed by atoms with Crippen molar-refractivity contribution in [1.29, 1.82) is 0 Å². The van der Waals surface area contributed by atoms with Gasteiger partial charge in [0.15, 0.2) is 16.1 Å². The number of hydrogen-bond acceptors (Lipinski definition) is 8. The number of benzene rings is 1. The zero-order chi connectivity index (χ0) is 22.4. The van der Waals surface area contributed by atoms with Gasteiger partial charge in [-0.2, -0.15) is 0 Å². The van der Waals surface area contributed by atoms with Crippen molar-refractivity contribution in [3.63, 3.8) is 0 Å². The lowest BCUT2D eigenvalue weighted by Gasteiger charge is -2.15. The maximum atomic E-state index is 12.6. The SMILES string of the molecule is CCn1c(SCC(=O)Nc2nc(C)cs2)nnc1[C@@H](C)NC(=O)c1ccc(OC)cc1. The quantitative estimate of drug-likeness (QED) is 0.471. The van der Waals surface area contributed by atoms with Gasteiger partial charge in [-0.15, -0.1) is 21.5 Å². The van der Waals surface area contributed by atoms with Crippen LogP contribution in [0.3, 0.4) is 0 Å². The number of aromatic nitrogens is 4. The van der Waals surface area contributed by atoms with Gasteiger partial charge in [0.25, 0.3) is 5.91 Å². The number of aryl methyl sites for hydroxylation is 1. The third-order valence-corrected chi connectivity index (χ3v) is 6.19. The van der Waals surface area contributed by atoms with Gasteiger partial charge in [0.1, 0.15) is 5.75 Å². The average molecular weight is 461 g/mol. The number of rotatable bonds is 9. The largest absolute Gasteiger partial charge is 0.497 e. The zero-order valence-electron chi connectivity index (χ0n) is 17.7. The summed E-state index contributed by atoms with van der Waals surface area (Å²) < 4.78 is 7.01. The van der Waals surface area contributed by atoms with Crippen LogP contribution in [0.15, 0.2) is 34.8 Å². The Morgan fingerprint density at radius 1 is 1.26 bits per heavy atom. The molecule has 9 nitrogen and oxygen atoms in total. The molecule has 31 heavy (non-hydrogen) atoms. The van der Waals surface area contributed by atoms with Gasteiger partial charge in [0.2, 0.25) is 5.91 Å². The molecule has 0 spiro atoms. The summed E-state index contributed by atoms with van der Waals surface area (Å²) in [6.45, 7) is 6.30. The number of thioether (sulfide) groups is 1. The van der Waals surface area contributed by atoms with Gasteiger partial charge in [-0.1, -0.05) is 11.8 Å². The fourth-order valence-electron chi connectivity index (χ4n) is 2.81. The number of thiazole rings is 1. The number of anilines is 1. The van der Waals surface area contributed by atoms with Crippen LogP contribution >= 0.6 is 23.1 Å². The van der Waals surface area contributed by atoms with Gasteiger partial charge >= 0.3 is 0 Å². The summed E-state index contributed by atoms with van der Waals surface area (Å²) in [7, 11) is 1.58. The lowest BCUT2D eigenvalue weighted by atomic mass is 10.2. The second kappa shape index (κ2) is 10.4. The van der Waals surface area contributed by atoms with Crippen molar-refractivity contribution in [3.05, 3.63) is 46.7 Å². The monoisotopic (exact) mass is 460 g/mol. The Balaban J connectivity index is 1.61. The Morgan fingerprint density at radius 2 is 2.00 bits per heavy atom. The highest BCUT2D eigenvalue weighted by Crippen LogP contribution is 2.22. The van der Waals surface area contributed by atoms with Crippen molar-refractivity contribution in [2.24, 2.45) is 0 Å². The minimum absolute atomic E-state index is 0.160. The van der Waals surface area contributed by atoms with Gasteiger partial charge in [-0.25, -0.2) is 4.98 Å². The third-order valence-electron chi connectivity index (χ3n) is 4.35. The fraction of sp³-hybridized carbons (Fsp3) is 0.350. The smallest absolute Gasteiger partial charge is 0.251 e. The van der Waals surface area contributed by atoms with E-state index < -0.39 is 0 Å². The maximum Gasteiger partial charge on any atom is 0.251 e. The van der Waals surface area contributed by atoms with Crippen LogP contribution in [0.2, 0.25) is 0 Å². The zero-order valence-corrected chi connectivity index (χ0v) is 19.3. The first-order valence-corrected chi connectivity index (χ1v) is 11.5. The van der Waals surface area contributed by atoms with Crippen molar-refractivity contribution >= 4 is 40.0 Å². The number of nitrogens with zero attached hydrogens (tertiary/aromatic N) is 4. The molecule has 3 rings (SSSR count). The number of nitrogens with one attached hydrogen (secondary N) is 2. The number of ether oxygens (including phenoxy) is 1. The molecule has 2 amide bonds. The molecule has 0 unspecified atom stereocenters. The van der Waals surface area contributed by atoms with E-state index in [1.807, 2.05) is 30.7 Å². The van der Waals surface area contributed by atoms with Gasteiger partial charge in [0.05, 0.1) is 24.6 Å². The van der Waals surface area contributed by atoms with E-state index in [2.05, 4.69) is 25.8 Å². The second-order valence-electron chi connectivity index (χ2n) is 6.64. The average Bonchev–Trinajstić information content (AvgIpc) is 3.37. The first-order valence-electron chi connectivity index (χ1n) is 9.64. The minimum Gasteiger partial charge on any atom is -0.497 e. The Kier molecular flexibility index (Phi) is 7.64. The molecule has 164 valence electrons. The highest BCUT2D eigenvalue weighted by molar-refractivity contribution is 7.99. The lowest BCUT2D eigenvalue weighted by Crippen LogP contribution is -2.28. The van der Waals surface area contributed by atoms with E-state index in [-0.39, 0.29) is 23.6 Å². The third kappa shape index (κ3) is 5.82. The Morgan fingerprint density at radius 3 is 2.61 bits per heavy atom. The predicted molar refractivity (Wildman–Crippen MR) is 121 cm³/mol. The molecule has 0 saturated heterocycles. The molecule has 0 aliphatic heterocycles. The summed E-state index contributed by atoms with van der Waals surface area (Å²) in [6, 6.07) is 6.52. The number of carbonyl (C=O) groups is 2. The van der Waals surface area contributed by atoms with E-state index >= 15 is 0 Å². The molecule has 2 N–H and O–H groups in total. The normalized spacial score (nSPS) is 11.7. The van der Waals surface area contributed by atoms with Crippen molar-refractivity contribution in [2.45, 2.75) is 38.5 Å². The van der Waals surface area contributed by atoms with Crippen LogP contribution in [0.5, 0.6) is 5.75 Å². The first-order chi connectivity index (χ1) is 14.9. The van der Waals surface area contributed by atoms with Crippen LogP contribution in [-0.2, 0) is 11.3 Å². The highest BCUT2D eigenvalue weighted by Gasteiger charge is 2.20. The fourth-order valence-corrected chi connectivity index (χ4v) is 4.32. The number of methoxy groups -OCH3 is 1. The summed E-state index contributed by atoms with van der Waals surface area (Å²) in [6.07, 6.45) is 0. The van der Waals surface area contributed by atoms with E-state index in [1.54, 1.807) is 31.4 Å². The second-order valence-corrected chi connectivity index (χ2v) is 8.44. The molecule has 1 aromatic carbocycles. The molecule has 0 aliphatic rings. The Bertz CT molecular complexity index is 1050. The number of hydrogen-bond donors (Lipinski definition) is 2. The number of amides is 2. The summed E-state index contributed by atoms with van der Waals surface area (Å²) in [5, 5.41) is 17.2. The van der Waals surface area contributed by atoms with Crippen LogP contribution in [0, 0.1) is 6.92 Å². The molecule has 0 aliphatic carbocycles. The summed E-state index contributed by atoms with van der Waals surface area (Å²) in [4.78, 5) is 29.0. The molecule has 3 aromatic rings. The van der Waals surface area contributed by atoms with E-state index in [0.717, 1.165) is 5.69 Å². The molecule has 1 atom stereocenters. The molecule has 0 radical (unpaired) electrons. The van der Waals surface area contributed by atoms with Crippen LogP contribution in [0.1, 0.15) is 41.8 Å². The molecule has 2 aromatic heterocycles. The summed E-state index contributed by atoms with van der Waals surface area (Å²) in [5.41, 5.74) is 1.40.